The number of carboxylic acid groups (broad SMARTS) is 1. The average Bonchev–Trinajstić information content (AvgIpc) is 3.34. The molecule has 1 aliphatic heterocycles. The SMILES string of the molecule is C=C(C)CN1C[C@@H](C)O[C@@H](OC[C@@]23C[C@@H]4[C@H](C)CC[C@H]4[C@@]4(C=O)C[C@@H]2C=C(C(C)C)[C@@]34C(=O)O)[C@@H](O)C1. The lowest BCUT2D eigenvalue weighted by atomic mass is 9.43. The van der Waals surface area contributed by atoms with Crippen LogP contribution in [-0.4, -0.2) is 72.1 Å². The number of hydrogen-bond acceptors (Lipinski definition) is 6. The van der Waals surface area contributed by atoms with Gasteiger partial charge >= 0.3 is 5.97 Å². The van der Waals surface area contributed by atoms with Crippen LogP contribution in [0.1, 0.15) is 60.3 Å². The number of aliphatic hydroxyl groups excluding tert-OH is 1. The lowest BCUT2D eigenvalue weighted by molar-refractivity contribution is -0.235. The number of carbonyl (C=O) groups is 2. The van der Waals surface area contributed by atoms with Gasteiger partial charge in [0.1, 0.15) is 17.8 Å². The van der Waals surface area contributed by atoms with Crippen LogP contribution in [0, 0.1) is 45.8 Å². The van der Waals surface area contributed by atoms with E-state index in [9.17, 15) is 19.8 Å². The first kappa shape index (κ1) is 27.0. The van der Waals surface area contributed by atoms with Gasteiger partial charge in [0.05, 0.1) is 18.1 Å². The summed E-state index contributed by atoms with van der Waals surface area (Å²) in [5.74, 6) is -0.0618. The van der Waals surface area contributed by atoms with Gasteiger partial charge in [-0.15, -0.1) is 0 Å². The number of ether oxygens (including phenoxy) is 2. The van der Waals surface area contributed by atoms with Crippen molar-refractivity contribution in [2.75, 3.05) is 26.2 Å². The maximum absolute atomic E-state index is 13.6. The second-order valence-electron chi connectivity index (χ2n) is 13.3. The number of rotatable bonds is 8. The number of fused-ring (bicyclic) bond motifs is 2. The van der Waals surface area contributed by atoms with Crippen LogP contribution in [0.2, 0.25) is 0 Å². The van der Waals surface area contributed by atoms with Crippen molar-refractivity contribution in [1.29, 1.82) is 0 Å². The third-order valence-corrected chi connectivity index (χ3v) is 10.8. The molecule has 0 unspecified atom stereocenters. The zero-order valence-electron chi connectivity index (χ0n) is 23.1. The smallest absolute Gasteiger partial charge is 0.315 e. The molecule has 0 amide bonds. The Hall–Kier alpha value is -1.54. The normalized spacial score (nSPS) is 47.0. The monoisotopic (exact) mass is 515 g/mol. The van der Waals surface area contributed by atoms with E-state index in [0.29, 0.717) is 37.9 Å². The van der Waals surface area contributed by atoms with E-state index >= 15 is 0 Å². The molecule has 0 aromatic carbocycles. The quantitative estimate of drug-likeness (QED) is 0.374. The van der Waals surface area contributed by atoms with E-state index < -0.39 is 34.6 Å². The number of aliphatic hydroxyl groups is 1. The first-order valence-corrected chi connectivity index (χ1v) is 14.2. The Morgan fingerprint density at radius 3 is 2.65 bits per heavy atom. The minimum atomic E-state index is -1.28. The van der Waals surface area contributed by atoms with Crippen LogP contribution in [0.25, 0.3) is 0 Å². The molecule has 3 saturated carbocycles. The van der Waals surface area contributed by atoms with Crippen molar-refractivity contribution in [2.24, 2.45) is 45.8 Å². The van der Waals surface area contributed by atoms with Crippen molar-refractivity contribution in [3.8, 4) is 0 Å². The standard InChI is InChI=1S/C30H45NO6/c1-17(2)12-31-13-20(6)37-26(25(33)14-31)36-16-29-11-22-19(5)7-8-23(22)28(15-32)10-21(29)9-24(18(3)4)30(28,29)27(34)35/h9,15,18-23,25-26,33H,1,7-8,10-14,16H2,2-6H3,(H,34,35)/t19-,20-,21+,22-,23-,25+,26-,28+,29+,30+/m1/s1. The Kier molecular flexibility index (Phi) is 6.79. The van der Waals surface area contributed by atoms with E-state index in [-0.39, 0.29) is 30.5 Å². The number of carboxylic acids is 1. The van der Waals surface area contributed by atoms with Gasteiger partial charge in [0.15, 0.2) is 6.29 Å². The second-order valence-corrected chi connectivity index (χ2v) is 13.3. The lowest BCUT2D eigenvalue weighted by Gasteiger charge is -2.58. The molecular weight excluding hydrogens is 470 g/mol. The van der Waals surface area contributed by atoms with E-state index in [0.717, 1.165) is 36.7 Å². The Morgan fingerprint density at radius 2 is 2.03 bits per heavy atom. The first-order valence-electron chi connectivity index (χ1n) is 14.2. The molecule has 5 aliphatic rings. The van der Waals surface area contributed by atoms with Crippen molar-refractivity contribution < 1.29 is 29.3 Å². The topological polar surface area (TPSA) is 96.3 Å². The highest BCUT2D eigenvalue weighted by Crippen LogP contribution is 2.82. The summed E-state index contributed by atoms with van der Waals surface area (Å²) >= 11 is 0. The molecule has 10 atom stereocenters. The van der Waals surface area contributed by atoms with Crippen molar-refractivity contribution in [2.45, 2.75) is 78.8 Å². The van der Waals surface area contributed by atoms with Crippen LogP contribution in [0.3, 0.4) is 0 Å². The predicted molar refractivity (Wildman–Crippen MR) is 140 cm³/mol. The molecule has 0 spiro atoms. The molecule has 206 valence electrons. The molecule has 2 N–H and O–H groups in total. The van der Waals surface area contributed by atoms with Gasteiger partial charge in [-0.1, -0.05) is 51.0 Å². The van der Waals surface area contributed by atoms with Crippen LogP contribution in [0.5, 0.6) is 0 Å². The molecular formula is C30H45NO6. The average molecular weight is 516 g/mol. The summed E-state index contributed by atoms with van der Waals surface area (Å²) in [7, 11) is 0. The van der Waals surface area contributed by atoms with Crippen LogP contribution >= 0.6 is 0 Å². The minimum Gasteiger partial charge on any atom is -0.481 e. The van der Waals surface area contributed by atoms with Gasteiger partial charge in [-0.25, -0.2) is 0 Å². The first-order chi connectivity index (χ1) is 17.4. The Balaban J connectivity index is 1.52. The maximum atomic E-state index is 13.6. The Morgan fingerprint density at radius 1 is 1.30 bits per heavy atom. The number of β-amino-alcohol motifs (C(OH)–C–C–N with tert-alkyl or cyclic N) is 1. The molecule has 0 aromatic rings. The third kappa shape index (κ3) is 3.60. The summed E-state index contributed by atoms with van der Waals surface area (Å²) in [4.78, 5) is 28.9. The fourth-order valence-electron chi connectivity index (χ4n) is 9.68. The highest BCUT2D eigenvalue weighted by atomic mass is 16.7. The molecule has 0 radical (unpaired) electrons. The fraction of sp³-hybridized carbons (Fsp3) is 0.800. The Labute approximate surface area is 221 Å². The summed E-state index contributed by atoms with van der Waals surface area (Å²) in [5.41, 5.74) is -1.01. The van der Waals surface area contributed by atoms with E-state index in [2.05, 4.69) is 24.5 Å². The molecule has 4 aliphatic carbocycles. The van der Waals surface area contributed by atoms with Crippen LogP contribution in [0.4, 0.5) is 0 Å². The number of allylic oxidation sites excluding steroid dienone is 1. The summed E-state index contributed by atoms with van der Waals surface area (Å²) in [5, 5.41) is 22.2. The van der Waals surface area contributed by atoms with Gasteiger partial charge in [-0.3, -0.25) is 9.69 Å². The van der Waals surface area contributed by atoms with Gasteiger partial charge in [0.25, 0.3) is 0 Å². The predicted octanol–water partition coefficient (Wildman–Crippen LogP) is 3.91. The van der Waals surface area contributed by atoms with Gasteiger partial charge in [0, 0.05) is 25.0 Å². The van der Waals surface area contributed by atoms with Gasteiger partial charge in [-0.2, -0.15) is 0 Å². The van der Waals surface area contributed by atoms with Crippen molar-refractivity contribution in [3.63, 3.8) is 0 Å². The third-order valence-electron chi connectivity index (χ3n) is 10.8. The van der Waals surface area contributed by atoms with Crippen LogP contribution < -0.4 is 0 Å². The number of aliphatic carboxylic acids is 1. The number of carbonyl (C=O) groups excluding carboxylic acids is 1. The van der Waals surface area contributed by atoms with E-state index in [1.807, 2.05) is 27.7 Å². The van der Waals surface area contributed by atoms with Gasteiger partial charge in [0.2, 0.25) is 0 Å². The molecule has 5 rings (SSSR count). The summed E-state index contributed by atoms with van der Waals surface area (Å²) in [6.07, 6.45) is 4.60. The van der Waals surface area contributed by atoms with Crippen molar-refractivity contribution in [1.82, 2.24) is 4.90 Å². The van der Waals surface area contributed by atoms with Gasteiger partial charge in [-0.05, 0) is 62.7 Å². The lowest BCUT2D eigenvalue weighted by Crippen LogP contribution is -2.63. The maximum Gasteiger partial charge on any atom is 0.315 e. The van der Waals surface area contributed by atoms with Crippen molar-refractivity contribution >= 4 is 12.3 Å². The Bertz CT molecular complexity index is 993. The van der Waals surface area contributed by atoms with Crippen LogP contribution in [0.15, 0.2) is 23.8 Å². The summed E-state index contributed by atoms with van der Waals surface area (Å²) in [6, 6.07) is 0. The molecule has 7 heteroatoms. The molecule has 0 aromatic heterocycles. The highest BCUT2D eigenvalue weighted by Gasteiger charge is 2.84. The number of nitrogens with zero attached hydrogens (tertiary/aromatic N) is 1. The molecule has 1 saturated heterocycles. The minimum absolute atomic E-state index is 0.0194. The molecule has 7 nitrogen and oxygen atoms in total. The fourth-order valence-corrected chi connectivity index (χ4v) is 9.68. The summed E-state index contributed by atoms with van der Waals surface area (Å²) in [6.45, 7) is 16.2. The number of hydrogen-bond donors (Lipinski definition) is 2. The van der Waals surface area contributed by atoms with E-state index in [4.69, 9.17) is 9.47 Å². The number of aldehydes is 1. The molecule has 1 heterocycles. The van der Waals surface area contributed by atoms with Crippen molar-refractivity contribution in [3.05, 3.63) is 23.8 Å². The zero-order chi connectivity index (χ0) is 26.9. The molecule has 37 heavy (non-hydrogen) atoms. The zero-order valence-corrected chi connectivity index (χ0v) is 23.1. The van der Waals surface area contributed by atoms with E-state index in [1.54, 1.807) is 0 Å². The summed E-state index contributed by atoms with van der Waals surface area (Å²) < 4.78 is 12.7. The highest BCUT2D eigenvalue weighted by molar-refractivity contribution is 5.90. The largest absolute Gasteiger partial charge is 0.481 e. The van der Waals surface area contributed by atoms with Crippen LogP contribution in [-0.2, 0) is 19.1 Å². The molecule has 4 bridgehead atoms. The molecule has 4 fully saturated rings. The van der Waals surface area contributed by atoms with Gasteiger partial charge < -0.3 is 24.5 Å². The van der Waals surface area contributed by atoms with E-state index in [1.165, 1.54) is 0 Å². The second kappa shape index (κ2) is 9.29.